The molecule has 0 aliphatic heterocycles. The van der Waals surface area contributed by atoms with Crippen LogP contribution in [-0.2, 0) is 11.3 Å². The molecule has 0 fully saturated rings. The van der Waals surface area contributed by atoms with Gasteiger partial charge in [-0.3, -0.25) is 19.7 Å². The number of nitrogens with zero attached hydrogens (tertiary/aromatic N) is 3. The van der Waals surface area contributed by atoms with Crippen LogP contribution in [0.5, 0.6) is 0 Å². The fraction of sp³-hybridized carbons (Fsp3) is 0.105. The number of nitro groups is 1. The Kier molecular flexibility index (Phi) is 7.16. The maximum absolute atomic E-state index is 12.4. The third-order valence-corrected chi connectivity index (χ3v) is 6.06. The van der Waals surface area contributed by atoms with E-state index in [4.69, 9.17) is 28.9 Å². The average molecular weight is 480 g/mol. The van der Waals surface area contributed by atoms with Crippen LogP contribution in [-0.4, -0.2) is 32.3 Å². The summed E-state index contributed by atoms with van der Waals surface area (Å²) >= 11 is 13.2. The lowest BCUT2D eigenvalue weighted by molar-refractivity contribution is -0.387. The lowest BCUT2D eigenvalue weighted by atomic mass is 10.2. The summed E-state index contributed by atoms with van der Waals surface area (Å²) in [4.78, 5) is 34.5. The predicted octanol–water partition coefficient (Wildman–Crippen LogP) is 3.98. The van der Waals surface area contributed by atoms with E-state index in [1.165, 1.54) is 18.3 Å². The summed E-state index contributed by atoms with van der Waals surface area (Å²) in [5, 5.41) is 19.0. The van der Waals surface area contributed by atoms with E-state index in [0.29, 0.717) is 15.9 Å². The zero-order chi connectivity index (χ0) is 22.5. The topological polar surface area (TPSA) is 133 Å². The zero-order valence-electron chi connectivity index (χ0n) is 15.7. The summed E-state index contributed by atoms with van der Waals surface area (Å²) in [5.41, 5.74) is 5.61. The van der Waals surface area contributed by atoms with E-state index in [9.17, 15) is 19.7 Å². The van der Waals surface area contributed by atoms with Crippen LogP contribution in [0.15, 0.2) is 53.6 Å². The van der Waals surface area contributed by atoms with E-state index < -0.39 is 16.7 Å². The van der Waals surface area contributed by atoms with Gasteiger partial charge in [-0.25, -0.2) is 4.68 Å². The summed E-state index contributed by atoms with van der Waals surface area (Å²) in [6.07, 6.45) is 1.52. The second kappa shape index (κ2) is 9.82. The van der Waals surface area contributed by atoms with Crippen molar-refractivity contribution < 1.29 is 14.5 Å². The number of carbonyl (C=O) groups is 2. The van der Waals surface area contributed by atoms with E-state index in [2.05, 4.69) is 10.4 Å². The van der Waals surface area contributed by atoms with Crippen molar-refractivity contribution in [2.24, 2.45) is 5.73 Å². The lowest BCUT2D eigenvalue weighted by Gasteiger charge is -2.11. The Morgan fingerprint density at radius 3 is 2.71 bits per heavy atom. The molecule has 12 heteroatoms. The third-order valence-electron chi connectivity index (χ3n) is 4.13. The number of aromatic nitrogens is 2. The number of amides is 2. The smallest absolute Gasteiger partial charge is 0.283 e. The van der Waals surface area contributed by atoms with Crippen LogP contribution in [0.25, 0.3) is 0 Å². The van der Waals surface area contributed by atoms with Gasteiger partial charge in [0, 0.05) is 17.7 Å². The highest BCUT2D eigenvalue weighted by Gasteiger charge is 2.18. The maximum atomic E-state index is 12.4. The monoisotopic (exact) mass is 479 g/mol. The molecule has 2 aromatic carbocycles. The van der Waals surface area contributed by atoms with Crippen molar-refractivity contribution >= 4 is 58.3 Å². The van der Waals surface area contributed by atoms with Crippen LogP contribution in [0.2, 0.25) is 10.0 Å². The highest BCUT2D eigenvalue weighted by atomic mass is 35.5. The number of anilines is 1. The minimum Gasteiger partial charge on any atom is -0.366 e. The number of carbonyl (C=O) groups excluding carboxylic acids is 2. The minimum atomic E-state index is -0.773. The normalized spacial score (nSPS) is 10.6. The average Bonchev–Trinajstić information content (AvgIpc) is 3.16. The highest BCUT2D eigenvalue weighted by molar-refractivity contribution is 8.00. The second-order valence-electron chi connectivity index (χ2n) is 6.23. The number of thioether (sulfide) groups is 1. The summed E-state index contributed by atoms with van der Waals surface area (Å²) in [6.45, 7) is 0.287. The molecule has 0 atom stereocenters. The van der Waals surface area contributed by atoms with Crippen LogP contribution < -0.4 is 11.1 Å². The van der Waals surface area contributed by atoms with E-state index in [0.717, 1.165) is 23.4 Å². The fourth-order valence-corrected chi connectivity index (χ4v) is 3.84. The molecular weight excluding hydrogens is 465 g/mol. The first-order valence-electron chi connectivity index (χ1n) is 8.72. The van der Waals surface area contributed by atoms with Gasteiger partial charge >= 0.3 is 0 Å². The van der Waals surface area contributed by atoms with Crippen molar-refractivity contribution in [3.05, 3.63) is 79.9 Å². The molecule has 9 nitrogen and oxygen atoms in total. The molecule has 31 heavy (non-hydrogen) atoms. The van der Waals surface area contributed by atoms with Crippen molar-refractivity contribution in [1.82, 2.24) is 9.78 Å². The quantitative estimate of drug-likeness (QED) is 0.285. The molecule has 1 heterocycles. The second-order valence-corrected chi connectivity index (χ2v) is 8.03. The Morgan fingerprint density at radius 1 is 1.23 bits per heavy atom. The highest BCUT2D eigenvalue weighted by Crippen LogP contribution is 2.30. The Balaban J connectivity index is 1.68. The van der Waals surface area contributed by atoms with Crippen LogP contribution in [0, 0.1) is 10.1 Å². The first-order chi connectivity index (χ1) is 14.8. The Labute approximate surface area is 190 Å². The number of primary amides is 1. The molecule has 0 saturated heterocycles. The maximum Gasteiger partial charge on any atom is 0.283 e. The van der Waals surface area contributed by atoms with Gasteiger partial charge < -0.3 is 11.1 Å². The molecule has 0 aliphatic rings. The number of hydrogen-bond donors (Lipinski definition) is 2. The minimum absolute atomic E-state index is 0.0177. The summed E-state index contributed by atoms with van der Waals surface area (Å²) in [6, 6.07) is 10.7. The van der Waals surface area contributed by atoms with Gasteiger partial charge in [-0.1, -0.05) is 35.3 Å². The van der Waals surface area contributed by atoms with Crippen LogP contribution >= 0.6 is 35.0 Å². The van der Waals surface area contributed by atoms with Gasteiger partial charge in [0.2, 0.25) is 11.8 Å². The van der Waals surface area contributed by atoms with Gasteiger partial charge in [0.25, 0.3) is 5.69 Å². The van der Waals surface area contributed by atoms with Gasteiger partial charge in [0.1, 0.15) is 5.82 Å². The number of nitrogens with two attached hydrogens (primary N) is 1. The molecular formula is C19H15Cl2N5O4S. The van der Waals surface area contributed by atoms with Crippen LogP contribution in [0.3, 0.4) is 0 Å². The van der Waals surface area contributed by atoms with Crippen molar-refractivity contribution in [2.45, 2.75) is 11.4 Å². The molecule has 0 radical (unpaired) electrons. The summed E-state index contributed by atoms with van der Waals surface area (Å²) in [7, 11) is 0. The number of nitrogens with one attached hydrogen (secondary N) is 1. The van der Waals surface area contributed by atoms with Crippen molar-refractivity contribution in [2.75, 3.05) is 11.1 Å². The Bertz CT molecular complexity index is 1170. The first-order valence-corrected chi connectivity index (χ1v) is 10.5. The van der Waals surface area contributed by atoms with Gasteiger partial charge in [-0.2, -0.15) is 5.10 Å². The predicted molar refractivity (Wildman–Crippen MR) is 119 cm³/mol. The molecule has 0 bridgehead atoms. The van der Waals surface area contributed by atoms with Crippen molar-refractivity contribution in [1.29, 1.82) is 0 Å². The summed E-state index contributed by atoms with van der Waals surface area (Å²) in [5.74, 6) is -0.831. The third kappa shape index (κ3) is 5.54. The van der Waals surface area contributed by atoms with Crippen LogP contribution in [0.4, 0.5) is 11.5 Å². The molecule has 3 rings (SSSR count). The molecule has 0 aliphatic carbocycles. The van der Waals surface area contributed by atoms with Gasteiger partial charge in [-0.05, 0) is 23.8 Å². The van der Waals surface area contributed by atoms with E-state index in [-0.39, 0.29) is 28.4 Å². The number of rotatable bonds is 8. The van der Waals surface area contributed by atoms with E-state index in [1.807, 2.05) is 0 Å². The molecule has 3 N–H and O–H groups in total. The summed E-state index contributed by atoms with van der Waals surface area (Å²) < 4.78 is 1.55. The molecule has 0 saturated carbocycles. The Hall–Kier alpha value is -3.08. The van der Waals surface area contributed by atoms with Gasteiger partial charge in [0.15, 0.2) is 0 Å². The lowest BCUT2D eigenvalue weighted by Crippen LogP contribution is -2.18. The van der Waals surface area contributed by atoms with E-state index >= 15 is 0 Å². The molecule has 0 spiro atoms. The van der Waals surface area contributed by atoms with Gasteiger partial charge in [0.05, 0.1) is 38.4 Å². The zero-order valence-corrected chi connectivity index (χ0v) is 18.1. The SMILES string of the molecule is NC(=O)c1ccc(SCC(=O)Nc2ccnn2Cc2cccc(Cl)c2Cl)c([N+](=O)[O-])c1. The standard InChI is InChI=1S/C19H15Cl2N5O4S/c20-13-3-1-2-12(18(13)21)9-25-16(6-7-23-25)24-17(27)10-31-15-5-4-11(19(22)28)8-14(15)26(29)30/h1-8H,9-10H2,(H2,22,28)(H,24,27). The first kappa shape index (κ1) is 22.6. The molecule has 160 valence electrons. The van der Waals surface area contributed by atoms with Crippen molar-refractivity contribution in [3.8, 4) is 0 Å². The number of halogens is 2. The Morgan fingerprint density at radius 2 is 2.00 bits per heavy atom. The number of hydrogen-bond acceptors (Lipinski definition) is 6. The van der Waals surface area contributed by atoms with Crippen molar-refractivity contribution in [3.63, 3.8) is 0 Å². The molecule has 1 aromatic heterocycles. The fourth-order valence-electron chi connectivity index (χ4n) is 2.65. The van der Waals surface area contributed by atoms with E-state index in [1.54, 1.807) is 28.9 Å². The molecule has 2 amide bonds. The largest absolute Gasteiger partial charge is 0.366 e. The molecule has 3 aromatic rings. The number of benzene rings is 2. The molecule has 0 unspecified atom stereocenters. The van der Waals surface area contributed by atoms with Gasteiger partial charge in [-0.15, -0.1) is 11.8 Å². The number of nitro benzene ring substituents is 1. The van der Waals surface area contributed by atoms with Crippen LogP contribution in [0.1, 0.15) is 15.9 Å².